The molecule has 9 amide bonds. The Morgan fingerprint density at radius 1 is 0.895 bits per heavy atom. The predicted octanol–water partition coefficient (Wildman–Crippen LogP) is 8.11. The van der Waals surface area contributed by atoms with E-state index in [4.69, 9.17) is 23.9 Å². The molecule has 506 valence electrons. The van der Waals surface area contributed by atoms with Crippen LogP contribution in [0.4, 0.5) is 38.4 Å². The molecule has 1 aromatic heterocycles. The first-order chi connectivity index (χ1) is 45.6. The van der Waals surface area contributed by atoms with Crippen molar-refractivity contribution < 1.29 is 62.1 Å². The standard InChI is InChI=1S/C70H88N12O13/c1-9-53-65(88)78(7)56-39-71-67(77-60(56)82(53)49-18-10-11-19-49)74-52-31-24-45(38-57(52)92-8)61(84)72-47-27-29-48(30-28-47)79(35-37-93-36-13-12-16-44-17-14-20-50-51(44)40-81(64(50)87)55-32-33-58(83)75-63(55)86)69(91)94-41-43-22-25-46(26-23-43)73-62(85)54-21-15-34-80(54)66(89)59(42(2)3)76-68(90)95-70(4,5)6/h14,17,20,22-26,31,38-39,42,47-49,53-55,59H,9-11,13,15,18-19,21,27-30,32-37,40-41H2,1-8H3,(H,72,84)(H,73,85)(H,76,90)(H,71,74,77)(H,75,83,86)/t47?,48?,53-,54+,55?,59+/m1/s1. The third-order valence-corrected chi connectivity index (χ3v) is 18.5. The molecule has 0 bridgehead atoms. The molecular weight excluding hydrogens is 1220 g/mol. The maximum atomic E-state index is 14.2. The summed E-state index contributed by atoms with van der Waals surface area (Å²) in [5.74, 6) is 5.40. The number of carbonyl (C=O) groups is 9. The molecule has 0 spiro atoms. The molecule has 4 atom stereocenters. The Morgan fingerprint density at radius 2 is 1.65 bits per heavy atom. The fraction of sp³-hybridized carbons (Fsp3) is 0.529. The maximum Gasteiger partial charge on any atom is 0.410 e. The number of alkyl carbamates (subject to hydrolysis) is 1. The minimum Gasteiger partial charge on any atom is -0.495 e. The minimum atomic E-state index is -0.893. The van der Waals surface area contributed by atoms with Gasteiger partial charge in [-0.25, -0.2) is 14.6 Å². The van der Waals surface area contributed by atoms with Crippen molar-refractivity contribution in [1.82, 2.24) is 40.6 Å². The number of imide groups is 1. The zero-order chi connectivity index (χ0) is 67.7. The molecule has 1 unspecified atom stereocenters. The van der Waals surface area contributed by atoms with Gasteiger partial charge in [-0.1, -0.05) is 63.7 Å². The van der Waals surface area contributed by atoms with E-state index < -0.39 is 41.8 Å². The van der Waals surface area contributed by atoms with Crippen LogP contribution < -0.4 is 41.1 Å². The predicted molar refractivity (Wildman–Crippen MR) is 354 cm³/mol. The summed E-state index contributed by atoms with van der Waals surface area (Å²) in [6.07, 6.45) is 9.31. The summed E-state index contributed by atoms with van der Waals surface area (Å²) >= 11 is 0. The number of likely N-dealkylation sites (tertiary alicyclic amines) is 1. The van der Waals surface area contributed by atoms with Crippen molar-refractivity contribution >= 4 is 82.4 Å². The quantitative estimate of drug-likeness (QED) is 0.0299. The number of anilines is 5. The molecular formula is C70H88N12O13. The first kappa shape index (κ1) is 68.5. The topological polar surface area (TPSA) is 293 Å². The zero-order valence-corrected chi connectivity index (χ0v) is 55.5. The number of ether oxygens (including phenoxy) is 4. The highest BCUT2D eigenvalue weighted by atomic mass is 16.6. The lowest BCUT2D eigenvalue weighted by molar-refractivity contribution is -0.139. The number of nitrogens with zero attached hydrogens (tertiary/aromatic N) is 7. The smallest absolute Gasteiger partial charge is 0.410 e. The number of aromatic nitrogens is 2. The minimum absolute atomic E-state index is 0.0291. The second-order valence-corrected chi connectivity index (χ2v) is 26.5. The number of methoxy groups -OCH3 is 1. The van der Waals surface area contributed by atoms with Crippen LogP contribution in [-0.2, 0) is 51.3 Å². The molecule has 4 aliphatic heterocycles. The summed E-state index contributed by atoms with van der Waals surface area (Å²) in [7, 11) is 3.29. The van der Waals surface area contributed by atoms with Crippen LogP contribution in [0.2, 0.25) is 0 Å². The highest BCUT2D eigenvalue weighted by Crippen LogP contribution is 2.41. The van der Waals surface area contributed by atoms with Crippen LogP contribution in [0, 0.1) is 17.8 Å². The fourth-order valence-corrected chi connectivity index (χ4v) is 13.5. The maximum absolute atomic E-state index is 14.2. The number of carbonyl (C=O) groups excluding carboxylic acids is 9. The van der Waals surface area contributed by atoms with Crippen molar-refractivity contribution in [2.45, 2.75) is 192 Å². The summed E-state index contributed by atoms with van der Waals surface area (Å²) in [4.78, 5) is 138. The van der Waals surface area contributed by atoms with E-state index >= 15 is 0 Å². The highest BCUT2D eigenvalue weighted by Gasteiger charge is 2.44. The molecule has 25 heteroatoms. The molecule has 4 aromatic rings. The van der Waals surface area contributed by atoms with E-state index in [-0.39, 0.29) is 111 Å². The third kappa shape index (κ3) is 16.3. The van der Waals surface area contributed by atoms with Gasteiger partial charge in [0.1, 0.15) is 47.8 Å². The van der Waals surface area contributed by atoms with Gasteiger partial charge in [0, 0.05) is 80.0 Å². The van der Waals surface area contributed by atoms with Crippen LogP contribution in [0.25, 0.3) is 0 Å². The Hall–Kier alpha value is -9.31. The number of likely N-dealkylation sites (N-methyl/N-ethyl adjacent to an activating group) is 1. The molecule has 2 saturated carbocycles. The van der Waals surface area contributed by atoms with Crippen molar-refractivity contribution in [2.75, 3.05) is 60.9 Å². The van der Waals surface area contributed by atoms with Gasteiger partial charge in [0.15, 0.2) is 5.82 Å². The zero-order valence-electron chi connectivity index (χ0n) is 55.5. The molecule has 0 radical (unpaired) electrons. The van der Waals surface area contributed by atoms with Gasteiger partial charge in [-0.05, 0) is 144 Å². The molecule has 3 aromatic carbocycles. The lowest BCUT2D eigenvalue weighted by atomic mass is 9.90. The molecule has 10 rings (SSSR count). The molecule has 25 nitrogen and oxygen atoms in total. The Balaban J connectivity index is 0.754. The summed E-state index contributed by atoms with van der Waals surface area (Å²) in [5, 5.41) is 14.5. The van der Waals surface area contributed by atoms with Gasteiger partial charge in [-0.2, -0.15) is 4.98 Å². The van der Waals surface area contributed by atoms with Gasteiger partial charge in [-0.15, -0.1) is 0 Å². The SMILES string of the molecule is CC[C@@H]1C(=O)N(C)c2cnc(Nc3ccc(C(=O)NC4CCC(N(CCOCCC#Cc5cccc6c5CN(C5CCC(=O)NC5=O)C6=O)C(=O)OCc5ccc(NC(=O)[C@@H]6CCCN6C(=O)[C@@H](NC(=O)OC(C)(C)C)C(C)C)cc5)CC4)cc3OC)nc2N1C1CCCC1. The van der Waals surface area contributed by atoms with Gasteiger partial charge in [-0.3, -0.25) is 38.9 Å². The van der Waals surface area contributed by atoms with E-state index in [0.717, 1.165) is 31.2 Å². The van der Waals surface area contributed by atoms with E-state index in [9.17, 15) is 43.2 Å². The Bertz CT molecular complexity index is 3610. The number of piperidine rings is 1. The van der Waals surface area contributed by atoms with Gasteiger partial charge in [0.05, 0.1) is 32.2 Å². The number of hydrogen-bond acceptors (Lipinski definition) is 17. The highest BCUT2D eigenvalue weighted by molar-refractivity contribution is 6.06. The number of benzene rings is 3. The molecule has 4 fully saturated rings. The molecule has 95 heavy (non-hydrogen) atoms. The summed E-state index contributed by atoms with van der Waals surface area (Å²) in [6.45, 7) is 12.0. The van der Waals surface area contributed by atoms with E-state index in [2.05, 4.69) is 48.3 Å². The third-order valence-electron chi connectivity index (χ3n) is 18.5. The van der Waals surface area contributed by atoms with E-state index in [1.807, 2.05) is 26.8 Å². The summed E-state index contributed by atoms with van der Waals surface area (Å²) in [6, 6.07) is 14.4. The van der Waals surface area contributed by atoms with Crippen LogP contribution >= 0.6 is 0 Å². The fourth-order valence-electron chi connectivity index (χ4n) is 13.5. The monoisotopic (exact) mass is 1300 g/mol. The molecule has 2 aliphatic carbocycles. The Kier molecular flexibility index (Phi) is 21.9. The second-order valence-electron chi connectivity index (χ2n) is 26.5. The molecule has 6 aliphatic rings. The van der Waals surface area contributed by atoms with E-state index in [1.165, 1.54) is 16.9 Å². The average molecular weight is 1310 g/mol. The van der Waals surface area contributed by atoms with Crippen molar-refractivity contribution in [1.29, 1.82) is 0 Å². The molecule has 5 heterocycles. The van der Waals surface area contributed by atoms with E-state index in [1.54, 1.807) is 98.4 Å². The number of fused-ring (bicyclic) bond motifs is 2. The number of amides is 9. The van der Waals surface area contributed by atoms with E-state index in [0.29, 0.717) is 115 Å². The Morgan fingerprint density at radius 3 is 2.36 bits per heavy atom. The first-order valence-electron chi connectivity index (χ1n) is 33.2. The van der Waals surface area contributed by atoms with Gasteiger partial charge >= 0.3 is 12.2 Å². The lowest BCUT2D eigenvalue weighted by Crippen LogP contribution is -2.55. The van der Waals surface area contributed by atoms with Crippen LogP contribution in [0.5, 0.6) is 5.75 Å². The van der Waals surface area contributed by atoms with Crippen molar-refractivity contribution in [2.24, 2.45) is 5.92 Å². The van der Waals surface area contributed by atoms with Crippen molar-refractivity contribution in [3.63, 3.8) is 0 Å². The summed E-state index contributed by atoms with van der Waals surface area (Å²) < 4.78 is 23.3. The van der Waals surface area contributed by atoms with Gasteiger partial charge in [0.25, 0.3) is 11.8 Å². The van der Waals surface area contributed by atoms with Gasteiger partial charge in [0.2, 0.25) is 35.5 Å². The first-order valence-corrected chi connectivity index (χ1v) is 33.2. The van der Waals surface area contributed by atoms with Gasteiger partial charge < -0.3 is 64.7 Å². The van der Waals surface area contributed by atoms with Crippen LogP contribution in [0.3, 0.4) is 0 Å². The normalized spacial score (nSPS) is 20.7. The van der Waals surface area contributed by atoms with Crippen LogP contribution in [0.1, 0.15) is 169 Å². The average Bonchev–Trinajstić information content (AvgIpc) is 1.51. The van der Waals surface area contributed by atoms with Crippen LogP contribution in [-0.4, -0.2) is 167 Å². The molecule has 2 saturated heterocycles. The van der Waals surface area contributed by atoms with Crippen molar-refractivity contribution in [3.05, 3.63) is 94.7 Å². The molecule has 5 N–H and O–H groups in total. The second kappa shape index (κ2) is 30.4. The number of rotatable bonds is 21. The number of hydrogen-bond donors (Lipinski definition) is 5. The van der Waals surface area contributed by atoms with Crippen LogP contribution in [0.15, 0.2) is 66.9 Å². The Labute approximate surface area is 554 Å². The largest absolute Gasteiger partial charge is 0.495 e. The number of nitrogens with one attached hydrogen (secondary N) is 5. The lowest BCUT2D eigenvalue weighted by Gasteiger charge is -2.43. The summed E-state index contributed by atoms with van der Waals surface area (Å²) in [5.41, 5.74) is 3.85. The van der Waals surface area contributed by atoms with Crippen molar-refractivity contribution in [3.8, 4) is 17.6 Å².